The Morgan fingerprint density at radius 2 is 1.88 bits per heavy atom. The minimum Gasteiger partial charge on any atom is -0.344 e. The number of rotatable bonds is 2. The highest BCUT2D eigenvalue weighted by Crippen LogP contribution is 2.18. The van der Waals surface area contributed by atoms with Crippen molar-refractivity contribution in [1.82, 2.24) is 15.1 Å². The van der Waals surface area contributed by atoms with Crippen LogP contribution in [0.3, 0.4) is 0 Å². The highest BCUT2D eigenvalue weighted by molar-refractivity contribution is 6.31. The predicted molar refractivity (Wildman–Crippen MR) is 89.7 cm³/mol. The Morgan fingerprint density at radius 1 is 1.16 bits per heavy atom. The molecule has 0 aliphatic carbocycles. The number of carbonyl (C=O) groups is 3. The maximum absolute atomic E-state index is 13.3. The number of nitrogens with one attached hydrogen (secondary N) is 1. The number of nitrogens with zero attached hydrogens (tertiary/aromatic N) is 2. The normalized spacial score (nSPS) is 21.0. The van der Waals surface area contributed by atoms with Crippen molar-refractivity contribution >= 4 is 29.3 Å². The first-order chi connectivity index (χ1) is 12.0. The Balaban J connectivity index is 1.62. The lowest BCUT2D eigenvalue weighted by Gasteiger charge is -2.24. The Morgan fingerprint density at radius 3 is 2.56 bits per heavy atom. The lowest BCUT2D eigenvalue weighted by Crippen LogP contribution is -2.46. The third-order valence-electron chi connectivity index (χ3n) is 4.55. The summed E-state index contributed by atoms with van der Waals surface area (Å²) in [5.41, 5.74) is 0.328. The Kier molecular flexibility index (Phi) is 5.22. The summed E-state index contributed by atoms with van der Waals surface area (Å²) in [6.45, 7) is 1.85. The summed E-state index contributed by atoms with van der Waals surface area (Å²) < 4.78 is 13.3. The molecule has 2 heterocycles. The molecule has 2 aliphatic heterocycles. The van der Waals surface area contributed by atoms with Gasteiger partial charge in [0.05, 0.1) is 5.02 Å². The predicted octanol–water partition coefficient (Wildman–Crippen LogP) is 1.43. The van der Waals surface area contributed by atoms with Crippen molar-refractivity contribution in [1.29, 1.82) is 0 Å². The number of carbonyl (C=O) groups excluding carboxylic acids is 3. The summed E-state index contributed by atoms with van der Waals surface area (Å²) in [5.74, 6) is -0.988. The van der Waals surface area contributed by atoms with Crippen molar-refractivity contribution in [2.24, 2.45) is 0 Å². The van der Waals surface area contributed by atoms with Crippen LogP contribution >= 0.6 is 11.6 Å². The quantitative estimate of drug-likeness (QED) is 0.859. The van der Waals surface area contributed by atoms with Gasteiger partial charge in [0.2, 0.25) is 11.8 Å². The molecule has 8 heteroatoms. The maximum atomic E-state index is 13.3. The number of hydrogen-bond acceptors (Lipinski definition) is 3. The fourth-order valence-electron chi connectivity index (χ4n) is 3.17. The van der Waals surface area contributed by atoms with Crippen molar-refractivity contribution in [3.05, 3.63) is 34.6 Å². The van der Waals surface area contributed by atoms with Crippen molar-refractivity contribution in [2.45, 2.75) is 25.3 Å². The van der Waals surface area contributed by atoms with Crippen LogP contribution in [0, 0.1) is 5.82 Å². The summed E-state index contributed by atoms with van der Waals surface area (Å²) in [6.07, 6.45) is 1.54. The third kappa shape index (κ3) is 3.92. The molecule has 1 N–H and O–H groups in total. The summed E-state index contributed by atoms with van der Waals surface area (Å²) >= 11 is 5.75. The molecule has 0 spiro atoms. The monoisotopic (exact) mass is 367 g/mol. The Hall–Kier alpha value is -2.15. The molecule has 25 heavy (non-hydrogen) atoms. The van der Waals surface area contributed by atoms with E-state index in [-0.39, 0.29) is 22.7 Å². The van der Waals surface area contributed by atoms with Crippen molar-refractivity contribution in [2.75, 3.05) is 26.2 Å². The van der Waals surface area contributed by atoms with E-state index in [0.717, 1.165) is 0 Å². The van der Waals surface area contributed by atoms with E-state index < -0.39 is 11.9 Å². The SMILES string of the molecule is O=C1CCC(C(=O)N2CCCN(C(=O)c3ccc(F)c(Cl)c3)CC2)N1. The van der Waals surface area contributed by atoms with E-state index in [4.69, 9.17) is 11.6 Å². The second kappa shape index (κ2) is 7.39. The number of benzene rings is 1. The number of amides is 3. The molecule has 3 amide bonds. The van der Waals surface area contributed by atoms with Crippen molar-refractivity contribution in [3.8, 4) is 0 Å². The molecule has 3 rings (SSSR count). The standard InChI is InChI=1S/C17H19ClFN3O3/c18-12-10-11(2-3-13(12)19)16(24)21-6-1-7-22(9-8-21)17(25)14-4-5-15(23)20-14/h2-3,10,14H,1,4-9H2,(H,20,23). The van der Waals surface area contributed by atoms with Gasteiger partial charge >= 0.3 is 0 Å². The van der Waals surface area contributed by atoms with Gasteiger partial charge in [-0.15, -0.1) is 0 Å². The molecule has 2 aliphatic rings. The first kappa shape index (κ1) is 17.7. The van der Waals surface area contributed by atoms with Gasteiger partial charge in [-0.1, -0.05) is 11.6 Å². The lowest BCUT2D eigenvalue weighted by molar-refractivity contribution is -0.134. The van der Waals surface area contributed by atoms with Crippen LogP contribution in [0.1, 0.15) is 29.6 Å². The van der Waals surface area contributed by atoms with Crippen molar-refractivity contribution < 1.29 is 18.8 Å². The minimum absolute atomic E-state index is 0.0885. The maximum Gasteiger partial charge on any atom is 0.253 e. The van der Waals surface area contributed by atoms with Gasteiger partial charge in [-0.3, -0.25) is 14.4 Å². The molecule has 2 fully saturated rings. The minimum atomic E-state index is -0.565. The molecule has 0 bridgehead atoms. The van der Waals surface area contributed by atoms with Gasteiger partial charge in [0.15, 0.2) is 0 Å². The fraction of sp³-hybridized carbons (Fsp3) is 0.471. The Labute approximate surface area is 149 Å². The highest BCUT2D eigenvalue weighted by atomic mass is 35.5. The smallest absolute Gasteiger partial charge is 0.253 e. The fourth-order valence-corrected chi connectivity index (χ4v) is 3.35. The van der Waals surface area contributed by atoms with Gasteiger partial charge in [0.25, 0.3) is 5.91 Å². The second-order valence-corrected chi connectivity index (χ2v) is 6.67. The van der Waals surface area contributed by atoms with Gasteiger partial charge in [0, 0.05) is 38.2 Å². The van der Waals surface area contributed by atoms with E-state index >= 15 is 0 Å². The van der Waals surface area contributed by atoms with Crippen LogP contribution in [-0.2, 0) is 9.59 Å². The largest absolute Gasteiger partial charge is 0.344 e. The number of hydrogen-bond donors (Lipinski definition) is 1. The molecule has 1 aromatic rings. The molecule has 2 saturated heterocycles. The zero-order valence-corrected chi connectivity index (χ0v) is 14.4. The zero-order valence-electron chi connectivity index (χ0n) is 13.6. The molecular formula is C17H19ClFN3O3. The van der Waals surface area contributed by atoms with E-state index in [1.54, 1.807) is 9.80 Å². The van der Waals surface area contributed by atoms with Gasteiger partial charge in [-0.25, -0.2) is 4.39 Å². The molecule has 0 aromatic heterocycles. The van der Waals surface area contributed by atoms with E-state index in [0.29, 0.717) is 51.0 Å². The average Bonchev–Trinajstić information content (AvgIpc) is 2.89. The van der Waals surface area contributed by atoms with E-state index in [1.165, 1.54) is 18.2 Å². The molecular weight excluding hydrogens is 349 g/mol. The summed E-state index contributed by atoms with van der Waals surface area (Å²) in [7, 11) is 0. The van der Waals surface area contributed by atoms with Crippen LogP contribution < -0.4 is 5.32 Å². The van der Waals surface area contributed by atoms with Crippen LogP contribution in [0.15, 0.2) is 18.2 Å². The van der Waals surface area contributed by atoms with Crippen LogP contribution in [0.2, 0.25) is 5.02 Å². The lowest BCUT2D eigenvalue weighted by atomic mass is 10.2. The molecule has 0 saturated carbocycles. The van der Waals surface area contributed by atoms with E-state index in [9.17, 15) is 18.8 Å². The highest BCUT2D eigenvalue weighted by Gasteiger charge is 2.32. The van der Waals surface area contributed by atoms with E-state index in [2.05, 4.69) is 5.32 Å². The van der Waals surface area contributed by atoms with Crippen LogP contribution in [0.25, 0.3) is 0 Å². The first-order valence-corrected chi connectivity index (χ1v) is 8.66. The van der Waals surface area contributed by atoms with Gasteiger partial charge in [-0.05, 0) is 31.0 Å². The van der Waals surface area contributed by atoms with Crippen LogP contribution in [0.5, 0.6) is 0 Å². The number of halogens is 2. The molecule has 6 nitrogen and oxygen atoms in total. The van der Waals surface area contributed by atoms with E-state index in [1.807, 2.05) is 0 Å². The molecule has 1 unspecified atom stereocenters. The first-order valence-electron chi connectivity index (χ1n) is 8.28. The molecule has 1 atom stereocenters. The summed E-state index contributed by atoms with van der Waals surface area (Å²) in [5, 5.41) is 2.59. The second-order valence-electron chi connectivity index (χ2n) is 6.26. The summed E-state index contributed by atoms with van der Waals surface area (Å²) in [6, 6.07) is 3.45. The van der Waals surface area contributed by atoms with Crippen LogP contribution in [0.4, 0.5) is 4.39 Å². The van der Waals surface area contributed by atoms with Crippen LogP contribution in [-0.4, -0.2) is 59.7 Å². The van der Waals surface area contributed by atoms with Gasteiger partial charge < -0.3 is 15.1 Å². The molecule has 0 radical (unpaired) electrons. The molecule has 134 valence electrons. The topological polar surface area (TPSA) is 69.7 Å². The summed E-state index contributed by atoms with van der Waals surface area (Å²) in [4.78, 5) is 39.7. The Bertz CT molecular complexity index is 712. The zero-order chi connectivity index (χ0) is 18.0. The van der Waals surface area contributed by atoms with Gasteiger partial charge in [-0.2, -0.15) is 0 Å². The third-order valence-corrected chi connectivity index (χ3v) is 4.84. The van der Waals surface area contributed by atoms with Gasteiger partial charge in [0.1, 0.15) is 11.9 Å². The average molecular weight is 368 g/mol. The molecule has 1 aromatic carbocycles. The van der Waals surface area contributed by atoms with Crippen molar-refractivity contribution in [3.63, 3.8) is 0 Å².